The van der Waals surface area contributed by atoms with E-state index in [1.807, 2.05) is 97.9 Å². The van der Waals surface area contributed by atoms with Gasteiger partial charge in [0.1, 0.15) is 0 Å². The van der Waals surface area contributed by atoms with Gasteiger partial charge in [-0.25, -0.2) is 4.99 Å². The van der Waals surface area contributed by atoms with E-state index in [1.165, 1.54) is 11.3 Å². The summed E-state index contributed by atoms with van der Waals surface area (Å²) in [5.74, 6) is -0.328. The fraction of sp³-hybridized carbons (Fsp3) is 0.138. The number of fused-ring (bicyclic) bond motifs is 1. The zero-order valence-electron chi connectivity index (χ0n) is 20.6. The molecule has 4 aromatic rings. The molecule has 0 bridgehead atoms. The van der Waals surface area contributed by atoms with Crippen LogP contribution in [-0.4, -0.2) is 24.6 Å². The number of aromatic nitrogens is 1. The zero-order valence-corrected chi connectivity index (χ0v) is 22.2. The van der Waals surface area contributed by atoms with E-state index in [0.29, 0.717) is 36.9 Å². The van der Waals surface area contributed by atoms with E-state index in [2.05, 4.69) is 10.3 Å². The summed E-state index contributed by atoms with van der Waals surface area (Å²) >= 11 is 7.92. The third-order valence-corrected chi connectivity index (χ3v) is 7.53. The number of para-hydroxylation sites is 1. The Morgan fingerprint density at radius 3 is 2.38 bits per heavy atom. The number of hydrogen-bond acceptors (Lipinski definition) is 5. The summed E-state index contributed by atoms with van der Waals surface area (Å²) in [6.07, 6.45) is 1.86. The number of benzene rings is 3. The van der Waals surface area contributed by atoms with E-state index < -0.39 is 6.04 Å². The molecule has 2 heterocycles. The molecule has 186 valence electrons. The first-order valence-electron chi connectivity index (χ1n) is 11.7. The Hall–Kier alpha value is -3.94. The van der Waals surface area contributed by atoms with E-state index in [0.717, 1.165) is 11.3 Å². The Bertz CT molecular complexity index is 1690. The Kier molecular flexibility index (Phi) is 6.82. The van der Waals surface area contributed by atoms with Crippen molar-refractivity contribution in [3.63, 3.8) is 0 Å². The topological polar surface area (TPSA) is 66.7 Å². The van der Waals surface area contributed by atoms with Crippen LogP contribution in [0, 0.1) is 0 Å². The van der Waals surface area contributed by atoms with Crippen LogP contribution in [-0.2, 0) is 4.79 Å². The highest BCUT2D eigenvalue weighted by Gasteiger charge is 2.33. The second-order valence-electron chi connectivity index (χ2n) is 8.91. The van der Waals surface area contributed by atoms with E-state index >= 15 is 0 Å². The summed E-state index contributed by atoms with van der Waals surface area (Å²) in [7, 11) is 3.96. The van der Waals surface area contributed by atoms with Crippen molar-refractivity contribution in [2.45, 2.75) is 13.0 Å². The van der Waals surface area contributed by atoms with Crippen LogP contribution < -0.4 is 25.1 Å². The monoisotopic (exact) mass is 528 g/mol. The summed E-state index contributed by atoms with van der Waals surface area (Å²) in [5.41, 5.74) is 4.00. The number of allylic oxidation sites excluding steroid dienone is 1. The van der Waals surface area contributed by atoms with E-state index in [1.54, 1.807) is 17.6 Å². The van der Waals surface area contributed by atoms with E-state index in [4.69, 9.17) is 11.6 Å². The molecule has 0 saturated heterocycles. The molecule has 0 radical (unpaired) electrons. The van der Waals surface area contributed by atoms with Crippen molar-refractivity contribution in [2.75, 3.05) is 24.3 Å². The van der Waals surface area contributed by atoms with Gasteiger partial charge in [-0.05, 0) is 54.5 Å². The van der Waals surface area contributed by atoms with Gasteiger partial charge in [-0.15, -0.1) is 0 Å². The Labute approximate surface area is 223 Å². The normalized spacial score (nSPS) is 15.2. The van der Waals surface area contributed by atoms with Crippen molar-refractivity contribution in [1.82, 2.24) is 4.57 Å². The van der Waals surface area contributed by atoms with Crippen LogP contribution in [0.3, 0.4) is 0 Å². The third-order valence-electron chi connectivity index (χ3n) is 6.21. The summed E-state index contributed by atoms with van der Waals surface area (Å²) in [6.45, 7) is 1.79. The van der Waals surface area contributed by atoms with E-state index in [-0.39, 0.29) is 11.5 Å². The first-order valence-corrected chi connectivity index (χ1v) is 12.9. The summed E-state index contributed by atoms with van der Waals surface area (Å²) in [6, 6.07) is 23.7. The molecule has 1 unspecified atom stereocenters. The minimum atomic E-state index is -0.716. The average Bonchev–Trinajstić information content (AvgIpc) is 3.18. The Balaban J connectivity index is 1.66. The maximum Gasteiger partial charge on any atom is 0.271 e. The fourth-order valence-corrected chi connectivity index (χ4v) is 5.63. The maximum absolute atomic E-state index is 13.8. The molecule has 0 aliphatic carbocycles. The molecule has 1 aromatic heterocycles. The van der Waals surface area contributed by atoms with Crippen molar-refractivity contribution in [3.8, 4) is 0 Å². The quantitative estimate of drug-likeness (QED) is 0.412. The van der Waals surface area contributed by atoms with Gasteiger partial charge in [0, 0.05) is 30.5 Å². The lowest BCUT2D eigenvalue weighted by Crippen LogP contribution is -2.40. The van der Waals surface area contributed by atoms with Gasteiger partial charge in [-0.2, -0.15) is 0 Å². The molecule has 5 rings (SSSR count). The van der Waals surface area contributed by atoms with Crippen molar-refractivity contribution >= 4 is 46.3 Å². The van der Waals surface area contributed by atoms with Crippen LogP contribution in [0.4, 0.5) is 11.4 Å². The number of thiazole rings is 1. The molecule has 1 amide bonds. The van der Waals surface area contributed by atoms with Crippen LogP contribution in [0.1, 0.15) is 24.1 Å². The zero-order chi connectivity index (χ0) is 26.1. The van der Waals surface area contributed by atoms with Crippen molar-refractivity contribution in [2.24, 2.45) is 4.99 Å². The first kappa shape index (κ1) is 24.7. The number of nitrogens with zero attached hydrogens (tertiary/aromatic N) is 3. The van der Waals surface area contributed by atoms with Crippen LogP contribution >= 0.6 is 22.9 Å². The first-order chi connectivity index (χ1) is 17.8. The molecule has 1 atom stereocenters. The second kappa shape index (κ2) is 10.2. The fourth-order valence-electron chi connectivity index (χ4n) is 4.34. The van der Waals surface area contributed by atoms with Crippen molar-refractivity contribution < 1.29 is 4.79 Å². The Morgan fingerprint density at radius 2 is 1.70 bits per heavy atom. The maximum atomic E-state index is 13.8. The number of carbonyl (C=O) groups is 1. The average molecular weight is 529 g/mol. The smallest absolute Gasteiger partial charge is 0.271 e. The second-order valence-corrected chi connectivity index (χ2v) is 10.3. The van der Waals surface area contributed by atoms with E-state index in [9.17, 15) is 9.59 Å². The molecule has 1 N–H and O–H groups in total. The van der Waals surface area contributed by atoms with Gasteiger partial charge in [0.15, 0.2) is 4.80 Å². The number of anilines is 2. The number of halogens is 1. The van der Waals surface area contributed by atoms with Gasteiger partial charge in [0.2, 0.25) is 0 Å². The van der Waals surface area contributed by atoms with Crippen molar-refractivity contribution in [3.05, 3.63) is 126 Å². The minimum Gasteiger partial charge on any atom is -0.378 e. The Morgan fingerprint density at radius 1 is 1.03 bits per heavy atom. The number of amides is 1. The highest BCUT2D eigenvalue weighted by atomic mass is 35.5. The molecule has 1 aliphatic rings. The summed E-state index contributed by atoms with van der Waals surface area (Å²) in [5, 5.41) is 3.42. The molecule has 1 aliphatic heterocycles. The molecule has 37 heavy (non-hydrogen) atoms. The predicted molar refractivity (Wildman–Crippen MR) is 151 cm³/mol. The lowest BCUT2D eigenvalue weighted by atomic mass is 9.95. The van der Waals surface area contributed by atoms with Gasteiger partial charge in [-0.1, -0.05) is 71.5 Å². The SMILES string of the molecule is CC1=C(C(=O)Nc2ccccc2)C(c2ccccc2Cl)n2c(s/c(=C/c3ccc(N(C)C)cc3)c2=O)=N1. The molecule has 6 nitrogen and oxygen atoms in total. The van der Waals surface area contributed by atoms with Gasteiger partial charge < -0.3 is 10.2 Å². The van der Waals surface area contributed by atoms with Crippen LogP contribution in [0.25, 0.3) is 6.08 Å². The molecular weight excluding hydrogens is 504 g/mol. The lowest BCUT2D eigenvalue weighted by molar-refractivity contribution is -0.113. The number of carbonyl (C=O) groups excluding carboxylic acids is 1. The van der Waals surface area contributed by atoms with Crippen LogP contribution in [0.2, 0.25) is 5.02 Å². The molecule has 0 spiro atoms. The number of nitrogens with one attached hydrogen (secondary N) is 1. The third kappa shape index (κ3) is 4.88. The van der Waals surface area contributed by atoms with Gasteiger partial charge >= 0.3 is 0 Å². The number of hydrogen-bond donors (Lipinski definition) is 1. The van der Waals surface area contributed by atoms with Gasteiger partial charge in [0.25, 0.3) is 11.5 Å². The summed E-state index contributed by atoms with van der Waals surface area (Å²) < 4.78 is 2.12. The largest absolute Gasteiger partial charge is 0.378 e. The highest BCUT2D eigenvalue weighted by molar-refractivity contribution is 7.07. The van der Waals surface area contributed by atoms with Crippen molar-refractivity contribution in [1.29, 1.82) is 0 Å². The van der Waals surface area contributed by atoms with Gasteiger partial charge in [0.05, 0.1) is 21.8 Å². The molecule has 3 aromatic carbocycles. The molecule has 0 saturated carbocycles. The molecule has 0 fully saturated rings. The minimum absolute atomic E-state index is 0.220. The van der Waals surface area contributed by atoms with Crippen LogP contribution in [0.15, 0.2) is 99.9 Å². The molecular formula is C29H25ClN4O2S. The van der Waals surface area contributed by atoms with Crippen LogP contribution in [0.5, 0.6) is 0 Å². The molecule has 8 heteroatoms. The standard InChI is InChI=1S/C29H25ClN4O2S/c1-18-25(27(35)32-20-9-5-4-6-10-20)26(22-11-7-8-12-23(22)30)34-28(36)24(37-29(34)31-18)17-19-13-15-21(16-14-19)33(2)3/h4-17,26H,1-3H3,(H,32,35)/b24-17+. The lowest BCUT2D eigenvalue weighted by Gasteiger charge is -2.26. The highest BCUT2D eigenvalue weighted by Crippen LogP contribution is 2.34. The number of rotatable bonds is 5. The van der Waals surface area contributed by atoms with Gasteiger partial charge in [-0.3, -0.25) is 14.2 Å². The predicted octanol–water partition coefficient (Wildman–Crippen LogP) is 4.59. The summed E-state index contributed by atoms with van der Waals surface area (Å²) in [4.78, 5) is 34.6.